The van der Waals surface area contributed by atoms with E-state index >= 15 is 0 Å². The smallest absolute Gasteiger partial charge is 0.228 e. The number of carboxylic acids is 1. The number of amides is 2. The van der Waals surface area contributed by atoms with Crippen molar-refractivity contribution in [3.05, 3.63) is 66.2 Å². The van der Waals surface area contributed by atoms with Crippen molar-refractivity contribution in [2.75, 3.05) is 17.7 Å². The van der Waals surface area contributed by atoms with E-state index in [0.29, 0.717) is 23.5 Å². The van der Waals surface area contributed by atoms with Crippen molar-refractivity contribution in [2.45, 2.75) is 19.3 Å². The first kappa shape index (κ1) is 21.1. The summed E-state index contributed by atoms with van der Waals surface area (Å²) in [5.74, 6) is -2.98. The summed E-state index contributed by atoms with van der Waals surface area (Å²) >= 11 is 0. The van der Waals surface area contributed by atoms with Crippen LogP contribution in [0.1, 0.15) is 18.4 Å². The fourth-order valence-corrected chi connectivity index (χ4v) is 3.45. The van der Waals surface area contributed by atoms with Crippen molar-refractivity contribution in [1.29, 1.82) is 0 Å². The van der Waals surface area contributed by atoms with Crippen LogP contribution in [-0.4, -0.2) is 24.9 Å². The molecule has 0 radical (unpaired) electrons. The number of carboxylic acid groups (broad SMARTS) is 1. The van der Waals surface area contributed by atoms with Crippen LogP contribution in [0, 0.1) is 11.8 Å². The van der Waals surface area contributed by atoms with Crippen LogP contribution in [0.25, 0.3) is 0 Å². The van der Waals surface area contributed by atoms with Crippen molar-refractivity contribution < 1.29 is 24.2 Å². The molecule has 2 atom stereocenters. The highest BCUT2D eigenvalue weighted by Gasteiger charge is 2.30. The van der Waals surface area contributed by atoms with Gasteiger partial charge in [-0.2, -0.15) is 0 Å². The van der Waals surface area contributed by atoms with Crippen LogP contribution in [0.4, 0.5) is 11.4 Å². The molecule has 0 heterocycles. The third-order valence-electron chi connectivity index (χ3n) is 5.02. The topological polar surface area (TPSA) is 108 Å². The summed E-state index contributed by atoms with van der Waals surface area (Å²) in [5.41, 5.74) is 1.82. The summed E-state index contributed by atoms with van der Waals surface area (Å²) in [6.07, 6.45) is 4.39. The standard InChI is InChI=1S/C23H24N2O5/c1-30-20-14-16(24-22(27)17-9-5-6-10-18(17)23(28)29)11-12-19(20)25-21(26)13-15-7-3-2-4-8-15/h2-8,11-12,14,17-18H,9-10,13H2,1H3,(H,24,27)(H,25,26)(H,28,29)/p-1/t17-,18-/m0/s1. The zero-order valence-electron chi connectivity index (χ0n) is 16.6. The molecule has 0 bridgehead atoms. The number of anilines is 2. The molecule has 0 aliphatic heterocycles. The monoisotopic (exact) mass is 407 g/mol. The van der Waals surface area contributed by atoms with Gasteiger partial charge >= 0.3 is 0 Å². The molecule has 156 valence electrons. The largest absolute Gasteiger partial charge is 0.550 e. The number of carbonyl (C=O) groups excluding carboxylic acids is 3. The molecule has 0 saturated carbocycles. The number of aliphatic carboxylic acids is 1. The lowest BCUT2D eigenvalue weighted by molar-refractivity contribution is -0.313. The average Bonchev–Trinajstić information content (AvgIpc) is 2.75. The Morgan fingerprint density at radius 3 is 2.37 bits per heavy atom. The number of nitrogens with one attached hydrogen (secondary N) is 2. The molecule has 3 rings (SSSR count). The number of methoxy groups -OCH3 is 1. The zero-order valence-corrected chi connectivity index (χ0v) is 16.6. The van der Waals surface area contributed by atoms with Crippen molar-refractivity contribution in [3.63, 3.8) is 0 Å². The third kappa shape index (κ3) is 5.26. The summed E-state index contributed by atoms with van der Waals surface area (Å²) in [4.78, 5) is 36.2. The fourth-order valence-electron chi connectivity index (χ4n) is 3.45. The second-order valence-electron chi connectivity index (χ2n) is 7.09. The molecule has 2 amide bonds. The second kappa shape index (κ2) is 9.73. The SMILES string of the molecule is COc1cc(NC(=O)[C@H]2CC=CC[C@@H]2C(=O)[O-])ccc1NC(=O)Cc1ccccc1. The maximum absolute atomic E-state index is 12.6. The molecule has 0 aromatic heterocycles. The van der Waals surface area contributed by atoms with Crippen LogP contribution < -0.4 is 20.5 Å². The van der Waals surface area contributed by atoms with E-state index in [1.165, 1.54) is 7.11 Å². The number of benzene rings is 2. The van der Waals surface area contributed by atoms with Crippen LogP contribution in [0.15, 0.2) is 60.7 Å². The molecule has 2 N–H and O–H groups in total. The van der Waals surface area contributed by atoms with Crippen molar-refractivity contribution in [3.8, 4) is 5.75 Å². The first-order chi connectivity index (χ1) is 14.5. The van der Waals surface area contributed by atoms with Crippen molar-refractivity contribution in [2.24, 2.45) is 11.8 Å². The highest BCUT2D eigenvalue weighted by atomic mass is 16.5. The summed E-state index contributed by atoms with van der Waals surface area (Å²) in [6, 6.07) is 14.2. The molecule has 7 nitrogen and oxygen atoms in total. The Labute approximate surface area is 174 Å². The van der Waals surface area contributed by atoms with Crippen LogP contribution in [0.2, 0.25) is 0 Å². The minimum Gasteiger partial charge on any atom is -0.550 e. The predicted octanol–water partition coefficient (Wildman–Crippen LogP) is 2.15. The number of carbonyl (C=O) groups is 3. The third-order valence-corrected chi connectivity index (χ3v) is 5.02. The molecule has 7 heteroatoms. The van der Waals surface area contributed by atoms with Crippen LogP contribution in [-0.2, 0) is 20.8 Å². The minimum atomic E-state index is -1.23. The number of rotatable bonds is 7. The molecule has 0 spiro atoms. The molecular formula is C23H23N2O5-. The van der Waals surface area contributed by atoms with E-state index in [1.54, 1.807) is 30.4 Å². The van der Waals surface area contributed by atoms with Gasteiger partial charge in [0.15, 0.2) is 0 Å². The number of ether oxygens (including phenoxy) is 1. The Morgan fingerprint density at radius 1 is 1.00 bits per heavy atom. The van der Waals surface area contributed by atoms with E-state index < -0.39 is 23.7 Å². The van der Waals surface area contributed by atoms with E-state index in [9.17, 15) is 19.5 Å². The van der Waals surface area contributed by atoms with Crippen molar-refractivity contribution in [1.82, 2.24) is 0 Å². The van der Waals surface area contributed by atoms with Crippen molar-refractivity contribution >= 4 is 29.2 Å². The van der Waals surface area contributed by atoms with Gasteiger partial charge in [-0.3, -0.25) is 9.59 Å². The van der Waals surface area contributed by atoms with Gasteiger partial charge in [0.05, 0.1) is 25.1 Å². The molecule has 1 aliphatic carbocycles. The highest BCUT2D eigenvalue weighted by molar-refractivity contribution is 5.97. The maximum atomic E-state index is 12.6. The van der Waals surface area contributed by atoms with E-state index in [4.69, 9.17) is 4.74 Å². The van der Waals surface area contributed by atoms with Gasteiger partial charge in [-0.05, 0) is 30.5 Å². The number of hydrogen-bond acceptors (Lipinski definition) is 5. The Bertz CT molecular complexity index is 955. The average molecular weight is 407 g/mol. The van der Waals surface area contributed by atoms with E-state index in [1.807, 2.05) is 30.3 Å². The van der Waals surface area contributed by atoms with Crippen LogP contribution >= 0.6 is 0 Å². The Kier molecular flexibility index (Phi) is 6.85. The number of allylic oxidation sites excluding steroid dienone is 2. The van der Waals surface area contributed by atoms with Gasteiger partial charge in [0.1, 0.15) is 5.75 Å². The molecule has 0 fully saturated rings. The normalized spacial score (nSPS) is 17.8. The molecular weight excluding hydrogens is 384 g/mol. The molecule has 1 aliphatic rings. The van der Waals surface area contributed by atoms with Gasteiger partial charge in [-0.25, -0.2) is 0 Å². The van der Waals surface area contributed by atoms with Gasteiger partial charge in [0.25, 0.3) is 0 Å². The molecule has 0 saturated heterocycles. The lowest BCUT2D eigenvalue weighted by atomic mass is 9.82. The number of hydrogen-bond donors (Lipinski definition) is 2. The molecule has 2 aromatic carbocycles. The van der Waals surface area contributed by atoms with Gasteiger partial charge in [0.2, 0.25) is 11.8 Å². The van der Waals surface area contributed by atoms with Gasteiger partial charge in [-0.15, -0.1) is 0 Å². The Morgan fingerprint density at radius 2 is 1.70 bits per heavy atom. The van der Waals surface area contributed by atoms with Crippen LogP contribution in [0.3, 0.4) is 0 Å². The zero-order chi connectivity index (χ0) is 21.5. The first-order valence-electron chi connectivity index (χ1n) is 9.66. The molecule has 30 heavy (non-hydrogen) atoms. The van der Waals surface area contributed by atoms with E-state index in [0.717, 1.165) is 5.56 Å². The molecule has 0 unspecified atom stereocenters. The maximum Gasteiger partial charge on any atom is 0.228 e. The summed E-state index contributed by atoms with van der Waals surface area (Å²) in [6.45, 7) is 0. The van der Waals surface area contributed by atoms with Gasteiger partial charge in [-0.1, -0.05) is 42.5 Å². The fraction of sp³-hybridized carbons (Fsp3) is 0.261. The quantitative estimate of drug-likeness (QED) is 0.684. The van der Waals surface area contributed by atoms with Gasteiger partial charge < -0.3 is 25.3 Å². The van der Waals surface area contributed by atoms with Crippen LogP contribution in [0.5, 0.6) is 5.75 Å². The summed E-state index contributed by atoms with van der Waals surface area (Å²) in [5, 5.41) is 16.9. The Balaban J connectivity index is 1.67. The predicted molar refractivity (Wildman–Crippen MR) is 111 cm³/mol. The summed E-state index contributed by atoms with van der Waals surface area (Å²) in [7, 11) is 1.46. The lowest BCUT2D eigenvalue weighted by Crippen LogP contribution is -2.41. The highest BCUT2D eigenvalue weighted by Crippen LogP contribution is 2.30. The summed E-state index contributed by atoms with van der Waals surface area (Å²) < 4.78 is 5.34. The van der Waals surface area contributed by atoms with Gasteiger partial charge in [0, 0.05) is 23.6 Å². The second-order valence-corrected chi connectivity index (χ2v) is 7.09. The van der Waals surface area contributed by atoms with E-state index in [-0.39, 0.29) is 18.7 Å². The Hall–Kier alpha value is -3.61. The molecule has 2 aromatic rings. The van der Waals surface area contributed by atoms with E-state index in [2.05, 4.69) is 10.6 Å². The lowest BCUT2D eigenvalue weighted by Gasteiger charge is -2.28. The minimum absolute atomic E-state index is 0.193. The first-order valence-corrected chi connectivity index (χ1v) is 9.66.